The fourth-order valence-corrected chi connectivity index (χ4v) is 2.24. The first kappa shape index (κ1) is 14.5. The third-order valence-corrected chi connectivity index (χ3v) is 3.18. The fourth-order valence-electron chi connectivity index (χ4n) is 2.24. The van der Waals surface area contributed by atoms with Crippen molar-refractivity contribution in [3.8, 4) is 0 Å². The largest absolute Gasteiger partial charge is 0.481 e. The molecule has 0 aliphatic heterocycles. The first-order chi connectivity index (χ1) is 8.40. The zero-order valence-corrected chi connectivity index (χ0v) is 10.7. The van der Waals surface area contributed by atoms with Crippen LogP contribution in [0.5, 0.6) is 0 Å². The first-order valence-corrected chi connectivity index (χ1v) is 6.20. The quantitative estimate of drug-likeness (QED) is 0.672. The fraction of sp³-hybridized carbons (Fsp3) is 0.750. The molecule has 0 aromatic heterocycles. The zero-order chi connectivity index (χ0) is 13.7. The number of carbonyl (C=O) groups excluding carboxylic acids is 2. The van der Waals surface area contributed by atoms with Gasteiger partial charge in [0.05, 0.1) is 5.92 Å². The van der Waals surface area contributed by atoms with Crippen LogP contribution < -0.4 is 10.6 Å². The van der Waals surface area contributed by atoms with Crippen LogP contribution in [-0.2, 0) is 14.4 Å². The third kappa shape index (κ3) is 4.35. The van der Waals surface area contributed by atoms with Gasteiger partial charge >= 0.3 is 5.97 Å². The zero-order valence-electron chi connectivity index (χ0n) is 10.7. The minimum atomic E-state index is -0.802. The van der Waals surface area contributed by atoms with Crippen molar-refractivity contribution < 1.29 is 19.5 Å². The van der Waals surface area contributed by atoms with Crippen molar-refractivity contribution in [2.45, 2.75) is 51.6 Å². The Morgan fingerprint density at radius 3 is 2.50 bits per heavy atom. The molecule has 1 fully saturated rings. The van der Waals surface area contributed by atoms with E-state index in [0.29, 0.717) is 12.8 Å². The molecule has 1 aliphatic rings. The van der Waals surface area contributed by atoms with Gasteiger partial charge in [-0.05, 0) is 26.2 Å². The SMILES string of the molecule is CC(=O)NC(C)C(=O)NC1CCCC(C(=O)O)C1. The highest BCUT2D eigenvalue weighted by atomic mass is 16.4. The second kappa shape index (κ2) is 6.37. The molecule has 1 saturated carbocycles. The van der Waals surface area contributed by atoms with Crippen LogP contribution >= 0.6 is 0 Å². The van der Waals surface area contributed by atoms with E-state index >= 15 is 0 Å². The smallest absolute Gasteiger partial charge is 0.306 e. The first-order valence-electron chi connectivity index (χ1n) is 6.20. The summed E-state index contributed by atoms with van der Waals surface area (Å²) in [5, 5.41) is 14.2. The maximum atomic E-state index is 11.8. The molecule has 0 radical (unpaired) electrons. The normalized spacial score (nSPS) is 25.0. The molecule has 3 N–H and O–H groups in total. The topological polar surface area (TPSA) is 95.5 Å². The van der Waals surface area contributed by atoms with Gasteiger partial charge in [0, 0.05) is 13.0 Å². The number of hydrogen-bond donors (Lipinski definition) is 3. The van der Waals surface area contributed by atoms with E-state index in [1.54, 1.807) is 6.92 Å². The van der Waals surface area contributed by atoms with E-state index in [2.05, 4.69) is 10.6 Å². The van der Waals surface area contributed by atoms with Gasteiger partial charge in [-0.15, -0.1) is 0 Å². The predicted molar refractivity (Wildman–Crippen MR) is 64.8 cm³/mol. The van der Waals surface area contributed by atoms with Gasteiger partial charge in [0.1, 0.15) is 6.04 Å². The van der Waals surface area contributed by atoms with Crippen molar-refractivity contribution >= 4 is 17.8 Å². The standard InChI is InChI=1S/C12H20N2O4/c1-7(13-8(2)15)11(16)14-10-5-3-4-9(6-10)12(17)18/h7,9-10H,3-6H2,1-2H3,(H,13,15)(H,14,16)(H,17,18). The molecule has 0 bridgehead atoms. The number of carboxylic acids is 1. The number of hydrogen-bond acceptors (Lipinski definition) is 3. The van der Waals surface area contributed by atoms with Gasteiger partial charge in [0.15, 0.2) is 0 Å². The second-order valence-corrected chi connectivity index (χ2v) is 4.83. The highest BCUT2D eigenvalue weighted by Crippen LogP contribution is 2.24. The average molecular weight is 256 g/mol. The minimum absolute atomic E-state index is 0.108. The van der Waals surface area contributed by atoms with E-state index in [4.69, 9.17) is 5.11 Å². The predicted octanol–water partition coefficient (Wildman–Crippen LogP) is 0.271. The molecule has 2 amide bonds. The van der Waals surface area contributed by atoms with Crippen molar-refractivity contribution in [3.63, 3.8) is 0 Å². The van der Waals surface area contributed by atoms with Gasteiger partial charge < -0.3 is 15.7 Å². The summed E-state index contributed by atoms with van der Waals surface area (Å²) in [7, 11) is 0. The van der Waals surface area contributed by atoms with Crippen LogP contribution in [0.3, 0.4) is 0 Å². The lowest BCUT2D eigenvalue weighted by Crippen LogP contribution is -2.49. The number of carboxylic acid groups (broad SMARTS) is 1. The summed E-state index contributed by atoms with van der Waals surface area (Å²) >= 11 is 0. The maximum absolute atomic E-state index is 11.8. The van der Waals surface area contributed by atoms with Crippen LogP contribution in [0.1, 0.15) is 39.5 Å². The number of aliphatic carboxylic acids is 1. The van der Waals surface area contributed by atoms with Gasteiger partial charge in [0.2, 0.25) is 11.8 Å². The van der Waals surface area contributed by atoms with Gasteiger partial charge in [-0.1, -0.05) is 6.42 Å². The molecule has 3 atom stereocenters. The molecule has 6 nitrogen and oxygen atoms in total. The van der Waals surface area contributed by atoms with Crippen molar-refractivity contribution in [2.75, 3.05) is 0 Å². The second-order valence-electron chi connectivity index (χ2n) is 4.83. The van der Waals surface area contributed by atoms with E-state index < -0.39 is 12.0 Å². The Hall–Kier alpha value is -1.59. The lowest BCUT2D eigenvalue weighted by atomic mass is 9.85. The Morgan fingerprint density at radius 2 is 1.94 bits per heavy atom. The molecule has 0 saturated heterocycles. The molecule has 18 heavy (non-hydrogen) atoms. The summed E-state index contributed by atoms with van der Waals surface area (Å²) in [6, 6.07) is -0.698. The molecular formula is C12H20N2O4. The van der Waals surface area contributed by atoms with E-state index in [0.717, 1.165) is 12.8 Å². The van der Waals surface area contributed by atoms with Crippen LogP contribution in [0.25, 0.3) is 0 Å². The lowest BCUT2D eigenvalue weighted by molar-refractivity contribution is -0.143. The third-order valence-electron chi connectivity index (χ3n) is 3.18. The van der Waals surface area contributed by atoms with E-state index in [1.807, 2.05) is 0 Å². The van der Waals surface area contributed by atoms with E-state index in [-0.39, 0.29) is 23.8 Å². The molecule has 0 aromatic rings. The summed E-state index contributed by atoms with van der Waals surface area (Å²) in [5.74, 6) is -1.70. The molecule has 0 aromatic carbocycles. The number of carbonyl (C=O) groups is 3. The van der Waals surface area contributed by atoms with Crippen molar-refractivity contribution in [1.29, 1.82) is 0 Å². The molecule has 102 valence electrons. The molecule has 6 heteroatoms. The van der Waals surface area contributed by atoms with Crippen LogP contribution in [0, 0.1) is 5.92 Å². The highest BCUT2D eigenvalue weighted by molar-refractivity contribution is 5.86. The van der Waals surface area contributed by atoms with Crippen LogP contribution in [0.2, 0.25) is 0 Å². The summed E-state index contributed by atoms with van der Waals surface area (Å²) < 4.78 is 0. The van der Waals surface area contributed by atoms with E-state index in [1.165, 1.54) is 6.92 Å². The van der Waals surface area contributed by atoms with Crippen LogP contribution in [-0.4, -0.2) is 35.0 Å². The van der Waals surface area contributed by atoms with Gasteiger partial charge in [-0.2, -0.15) is 0 Å². The van der Waals surface area contributed by atoms with Gasteiger partial charge in [0.25, 0.3) is 0 Å². The number of rotatable bonds is 4. The lowest BCUT2D eigenvalue weighted by Gasteiger charge is -2.28. The summed E-state index contributed by atoms with van der Waals surface area (Å²) in [6.07, 6.45) is 2.73. The Labute approximate surface area is 106 Å². The van der Waals surface area contributed by atoms with Crippen LogP contribution in [0.4, 0.5) is 0 Å². The van der Waals surface area contributed by atoms with Crippen molar-refractivity contribution in [3.05, 3.63) is 0 Å². The van der Waals surface area contributed by atoms with Gasteiger partial charge in [-0.3, -0.25) is 14.4 Å². The number of amides is 2. The monoisotopic (exact) mass is 256 g/mol. The molecule has 1 rings (SSSR count). The van der Waals surface area contributed by atoms with E-state index in [9.17, 15) is 14.4 Å². The highest BCUT2D eigenvalue weighted by Gasteiger charge is 2.28. The number of nitrogens with one attached hydrogen (secondary N) is 2. The van der Waals surface area contributed by atoms with Gasteiger partial charge in [-0.25, -0.2) is 0 Å². The Balaban J connectivity index is 2.44. The Kier molecular flexibility index (Phi) is 5.12. The maximum Gasteiger partial charge on any atom is 0.306 e. The summed E-state index contributed by atoms with van der Waals surface area (Å²) in [4.78, 5) is 33.5. The average Bonchev–Trinajstić information content (AvgIpc) is 2.28. The van der Waals surface area contributed by atoms with Crippen molar-refractivity contribution in [2.24, 2.45) is 5.92 Å². The Bertz CT molecular complexity index is 343. The molecule has 0 heterocycles. The van der Waals surface area contributed by atoms with Crippen molar-refractivity contribution in [1.82, 2.24) is 10.6 Å². The molecular weight excluding hydrogens is 236 g/mol. The summed E-state index contributed by atoms with van der Waals surface area (Å²) in [5.41, 5.74) is 0. The van der Waals surface area contributed by atoms with Crippen LogP contribution in [0.15, 0.2) is 0 Å². The molecule has 0 spiro atoms. The Morgan fingerprint density at radius 1 is 1.28 bits per heavy atom. The summed E-state index contributed by atoms with van der Waals surface area (Å²) in [6.45, 7) is 2.96. The molecule has 1 aliphatic carbocycles. The minimum Gasteiger partial charge on any atom is -0.481 e. The molecule has 3 unspecified atom stereocenters.